The maximum atomic E-state index is 11.1. The third kappa shape index (κ3) is 3.34. The number of hydrogen-bond donors (Lipinski definition) is 0. The van der Waals surface area contributed by atoms with E-state index in [9.17, 15) is 14.7 Å². The minimum Gasteiger partial charge on any atom is -0.546 e. The van der Waals surface area contributed by atoms with Gasteiger partial charge in [0.15, 0.2) is 5.78 Å². The summed E-state index contributed by atoms with van der Waals surface area (Å²) in [5.41, 5.74) is 1.30. The van der Waals surface area contributed by atoms with E-state index in [1.807, 2.05) is 0 Å². The van der Waals surface area contributed by atoms with Crippen molar-refractivity contribution < 1.29 is 19.4 Å². The molecule has 0 atom stereocenters. The van der Waals surface area contributed by atoms with Crippen LogP contribution in [-0.4, -0.2) is 18.4 Å². The molecule has 0 spiro atoms. The molecule has 16 heavy (non-hydrogen) atoms. The fraction of sp³-hybridized carbons (Fsp3) is 0.273. The standard InChI is InChI=1S/C11H11BrO4/c1-7(13)8-2-3-10(9(4-8)5-12)16-6-11(14)15/h2-4H,5-6H2,1H3,(H,14,15)/p-1. The smallest absolute Gasteiger partial charge is 0.159 e. The van der Waals surface area contributed by atoms with Crippen molar-refractivity contribution in [2.24, 2.45) is 0 Å². The summed E-state index contributed by atoms with van der Waals surface area (Å²) in [6.45, 7) is 0.967. The molecule has 0 bridgehead atoms. The summed E-state index contributed by atoms with van der Waals surface area (Å²) in [5, 5.41) is 10.7. The third-order valence-corrected chi connectivity index (χ3v) is 2.56. The molecule has 0 amide bonds. The molecule has 1 rings (SSSR count). The molecule has 1 aromatic carbocycles. The molecule has 1 aromatic rings. The van der Waals surface area contributed by atoms with E-state index in [4.69, 9.17) is 4.74 Å². The molecule has 0 aliphatic carbocycles. The van der Waals surface area contributed by atoms with Gasteiger partial charge in [-0.2, -0.15) is 0 Å². The normalized spacial score (nSPS) is 9.88. The Kier molecular flexibility index (Phi) is 4.49. The van der Waals surface area contributed by atoms with E-state index in [0.717, 1.165) is 5.56 Å². The van der Waals surface area contributed by atoms with E-state index in [0.29, 0.717) is 16.6 Å². The Hall–Kier alpha value is -1.36. The maximum absolute atomic E-state index is 11.1. The predicted octanol–water partition coefficient (Wildman–Crippen LogP) is 0.913. The summed E-state index contributed by atoms with van der Waals surface area (Å²) < 4.78 is 5.02. The highest BCUT2D eigenvalue weighted by atomic mass is 79.9. The average Bonchev–Trinajstić information content (AvgIpc) is 2.25. The Morgan fingerprint density at radius 3 is 2.62 bits per heavy atom. The molecule has 0 unspecified atom stereocenters. The number of carbonyl (C=O) groups excluding carboxylic acids is 2. The Bertz CT molecular complexity index is 414. The zero-order valence-corrected chi connectivity index (χ0v) is 10.2. The number of benzene rings is 1. The van der Waals surface area contributed by atoms with E-state index in [1.165, 1.54) is 6.92 Å². The van der Waals surface area contributed by atoms with Gasteiger partial charge in [-0.1, -0.05) is 15.9 Å². The number of ether oxygens (including phenoxy) is 1. The van der Waals surface area contributed by atoms with E-state index < -0.39 is 12.6 Å². The number of hydrogen-bond acceptors (Lipinski definition) is 4. The molecular weight excluding hydrogens is 276 g/mol. The van der Waals surface area contributed by atoms with Crippen LogP contribution in [-0.2, 0) is 10.1 Å². The molecule has 4 nitrogen and oxygen atoms in total. The molecule has 0 aliphatic heterocycles. The second kappa shape index (κ2) is 5.65. The lowest BCUT2D eigenvalue weighted by Gasteiger charge is -2.11. The quantitative estimate of drug-likeness (QED) is 0.596. The first kappa shape index (κ1) is 12.7. The highest BCUT2D eigenvalue weighted by molar-refractivity contribution is 9.08. The van der Waals surface area contributed by atoms with Crippen LogP contribution in [0.3, 0.4) is 0 Å². The maximum Gasteiger partial charge on any atom is 0.159 e. The topological polar surface area (TPSA) is 66.4 Å². The molecule has 0 saturated heterocycles. The molecule has 0 radical (unpaired) electrons. The van der Waals surface area contributed by atoms with Crippen molar-refractivity contribution in [3.05, 3.63) is 29.3 Å². The van der Waals surface area contributed by atoms with E-state index in [1.54, 1.807) is 18.2 Å². The van der Waals surface area contributed by atoms with Gasteiger partial charge in [0.2, 0.25) is 0 Å². The van der Waals surface area contributed by atoms with Gasteiger partial charge in [0.05, 0.1) is 5.97 Å². The van der Waals surface area contributed by atoms with Crippen molar-refractivity contribution in [2.75, 3.05) is 6.61 Å². The van der Waals surface area contributed by atoms with Crippen molar-refractivity contribution >= 4 is 27.7 Å². The highest BCUT2D eigenvalue weighted by Crippen LogP contribution is 2.22. The first-order valence-electron chi connectivity index (χ1n) is 4.57. The fourth-order valence-electron chi connectivity index (χ4n) is 1.18. The van der Waals surface area contributed by atoms with Crippen LogP contribution >= 0.6 is 15.9 Å². The van der Waals surface area contributed by atoms with Gasteiger partial charge >= 0.3 is 0 Å². The van der Waals surface area contributed by atoms with Crippen LogP contribution < -0.4 is 9.84 Å². The Balaban J connectivity index is 2.93. The average molecular weight is 286 g/mol. The summed E-state index contributed by atoms with van der Waals surface area (Å²) in [6, 6.07) is 4.84. The molecule has 0 heterocycles. The van der Waals surface area contributed by atoms with Crippen LogP contribution in [0.4, 0.5) is 0 Å². The van der Waals surface area contributed by atoms with Crippen molar-refractivity contribution in [3.63, 3.8) is 0 Å². The lowest BCUT2D eigenvalue weighted by Crippen LogP contribution is -2.29. The number of carbonyl (C=O) groups is 2. The number of rotatable bonds is 5. The SMILES string of the molecule is CC(=O)c1ccc(OCC(=O)[O-])c(CBr)c1. The van der Waals surface area contributed by atoms with Crippen LogP contribution in [0.15, 0.2) is 18.2 Å². The number of Topliss-reactive ketones (excluding diaryl/α,β-unsaturated/α-hetero) is 1. The zero-order chi connectivity index (χ0) is 12.1. The molecule has 0 saturated carbocycles. The van der Waals surface area contributed by atoms with Gasteiger partial charge in [-0.05, 0) is 25.1 Å². The predicted molar refractivity (Wildman–Crippen MR) is 59.6 cm³/mol. The van der Waals surface area contributed by atoms with Gasteiger partial charge in [0.1, 0.15) is 12.4 Å². The number of aliphatic carboxylic acids is 1. The lowest BCUT2D eigenvalue weighted by molar-refractivity contribution is -0.307. The minimum absolute atomic E-state index is 0.0475. The number of alkyl halides is 1. The second-order valence-electron chi connectivity index (χ2n) is 3.17. The summed E-state index contributed by atoms with van der Waals surface area (Å²) in [5.74, 6) is -0.893. The van der Waals surface area contributed by atoms with Crippen molar-refractivity contribution in [2.45, 2.75) is 12.3 Å². The largest absolute Gasteiger partial charge is 0.546 e. The first-order chi connectivity index (χ1) is 7.54. The van der Waals surface area contributed by atoms with Crippen LogP contribution in [0.2, 0.25) is 0 Å². The summed E-state index contributed by atoms with van der Waals surface area (Å²) in [4.78, 5) is 21.4. The van der Waals surface area contributed by atoms with E-state index >= 15 is 0 Å². The highest BCUT2D eigenvalue weighted by Gasteiger charge is 2.06. The summed E-state index contributed by atoms with van der Waals surface area (Å²) in [6.07, 6.45) is 0. The Morgan fingerprint density at radius 1 is 1.44 bits per heavy atom. The van der Waals surface area contributed by atoms with Crippen LogP contribution in [0.5, 0.6) is 5.75 Å². The molecule has 86 valence electrons. The van der Waals surface area contributed by atoms with Crippen molar-refractivity contribution in [1.82, 2.24) is 0 Å². The van der Waals surface area contributed by atoms with Gasteiger partial charge in [0.25, 0.3) is 0 Å². The summed E-state index contributed by atoms with van der Waals surface area (Å²) >= 11 is 3.24. The van der Waals surface area contributed by atoms with Gasteiger partial charge in [-0.25, -0.2) is 0 Å². The lowest BCUT2D eigenvalue weighted by atomic mass is 10.1. The number of carboxylic acids is 1. The van der Waals surface area contributed by atoms with Crippen molar-refractivity contribution in [3.8, 4) is 5.75 Å². The van der Waals surface area contributed by atoms with E-state index in [2.05, 4.69) is 15.9 Å². The van der Waals surface area contributed by atoms with E-state index in [-0.39, 0.29) is 5.78 Å². The number of carboxylic acid groups (broad SMARTS) is 1. The first-order valence-corrected chi connectivity index (χ1v) is 5.69. The van der Waals surface area contributed by atoms with Gasteiger partial charge in [-0.3, -0.25) is 4.79 Å². The fourth-order valence-corrected chi connectivity index (χ4v) is 1.62. The van der Waals surface area contributed by atoms with Crippen LogP contribution in [0.25, 0.3) is 0 Å². The Morgan fingerprint density at radius 2 is 2.12 bits per heavy atom. The molecule has 0 aromatic heterocycles. The third-order valence-electron chi connectivity index (χ3n) is 1.96. The minimum atomic E-state index is -1.28. The zero-order valence-electron chi connectivity index (χ0n) is 8.66. The second-order valence-corrected chi connectivity index (χ2v) is 3.73. The van der Waals surface area contributed by atoms with Crippen LogP contribution in [0.1, 0.15) is 22.8 Å². The number of halogens is 1. The molecule has 0 fully saturated rings. The molecule has 0 aliphatic rings. The molecular formula is C11H10BrO4-. The van der Waals surface area contributed by atoms with Crippen LogP contribution in [0, 0.1) is 0 Å². The van der Waals surface area contributed by atoms with Gasteiger partial charge in [-0.15, -0.1) is 0 Å². The Labute approximate surface area is 101 Å². The van der Waals surface area contributed by atoms with Gasteiger partial charge in [0, 0.05) is 16.5 Å². The monoisotopic (exact) mass is 285 g/mol. The molecule has 5 heteroatoms. The van der Waals surface area contributed by atoms with Gasteiger partial charge < -0.3 is 14.6 Å². The van der Waals surface area contributed by atoms with Crippen molar-refractivity contribution in [1.29, 1.82) is 0 Å². The summed E-state index contributed by atoms with van der Waals surface area (Å²) in [7, 11) is 0. The number of ketones is 1. The molecule has 0 N–H and O–H groups in total.